The van der Waals surface area contributed by atoms with Crippen molar-refractivity contribution < 1.29 is 18.4 Å². The smallest absolute Gasteiger partial charge is 0.224 e. The van der Waals surface area contributed by atoms with E-state index in [0.717, 1.165) is 6.42 Å². The van der Waals surface area contributed by atoms with E-state index in [2.05, 4.69) is 10.5 Å². The number of carbonyl (C=O) groups is 1. The van der Waals surface area contributed by atoms with Crippen molar-refractivity contribution in [2.75, 3.05) is 11.5 Å². The first kappa shape index (κ1) is 14.7. The van der Waals surface area contributed by atoms with Crippen molar-refractivity contribution >= 4 is 21.6 Å². The van der Waals surface area contributed by atoms with Crippen molar-refractivity contribution in [1.29, 1.82) is 0 Å². The fourth-order valence-corrected chi connectivity index (χ4v) is 3.69. The van der Waals surface area contributed by atoms with Crippen molar-refractivity contribution in [2.24, 2.45) is 16.8 Å². The summed E-state index contributed by atoms with van der Waals surface area (Å²) in [6.45, 7) is 1.91. The lowest BCUT2D eigenvalue weighted by atomic mass is 10.1. The van der Waals surface area contributed by atoms with E-state index in [9.17, 15) is 13.2 Å². The van der Waals surface area contributed by atoms with E-state index >= 15 is 0 Å². The maximum absolute atomic E-state index is 11.9. The maximum Gasteiger partial charge on any atom is 0.224 e. The highest BCUT2D eigenvalue weighted by molar-refractivity contribution is 7.91. The minimum Gasteiger partial charge on any atom is -0.409 e. The van der Waals surface area contributed by atoms with Crippen molar-refractivity contribution in [2.45, 2.75) is 32.2 Å². The molecule has 0 radical (unpaired) electrons. The Morgan fingerprint density at radius 3 is 2.72 bits per heavy atom. The summed E-state index contributed by atoms with van der Waals surface area (Å²) in [4.78, 5) is 11.9. The lowest BCUT2D eigenvalue weighted by Gasteiger charge is -2.18. The summed E-state index contributed by atoms with van der Waals surface area (Å²) >= 11 is 0. The average Bonchev–Trinajstić information content (AvgIpc) is 2.68. The van der Waals surface area contributed by atoms with Gasteiger partial charge in [-0.15, -0.1) is 0 Å². The molecule has 18 heavy (non-hydrogen) atoms. The first-order valence-corrected chi connectivity index (χ1v) is 7.70. The van der Waals surface area contributed by atoms with E-state index in [-0.39, 0.29) is 23.2 Å². The molecule has 1 heterocycles. The maximum atomic E-state index is 11.9. The summed E-state index contributed by atoms with van der Waals surface area (Å²) in [5.41, 5.74) is 5.47. The molecule has 1 rings (SSSR count). The highest BCUT2D eigenvalue weighted by atomic mass is 32.2. The zero-order valence-electron chi connectivity index (χ0n) is 10.3. The van der Waals surface area contributed by atoms with E-state index < -0.39 is 21.8 Å². The Hall–Kier alpha value is -1.31. The van der Waals surface area contributed by atoms with Crippen LogP contribution in [-0.4, -0.2) is 42.9 Å². The van der Waals surface area contributed by atoms with Crippen LogP contribution >= 0.6 is 0 Å². The molecule has 0 aromatic heterocycles. The van der Waals surface area contributed by atoms with Gasteiger partial charge in [0.05, 0.1) is 23.5 Å². The van der Waals surface area contributed by atoms with E-state index in [1.54, 1.807) is 0 Å². The van der Waals surface area contributed by atoms with Gasteiger partial charge in [-0.1, -0.05) is 18.5 Å². The van der Waals surface area contributed by atoms with Crippen LogP contribution in [0.3, 0.4) is 0 Å². The van der Waals surface area contributed by atoms with Crippen LogP contribution in [0.4, 0.5) is 0 Å². The van der Waals surface area contributed by atoms with Crippen molar-refractivity contribution in [3.8, 4) is 0 Å². The van der Waals surface area contributed by atoms with Crippen LogP contribution in [0, 0.1) is 5.92 Å². The Morgan fingerprint density at radius 2 is 2.28 bits per heavy atom. The standard InChI is InChI=1S/C10H19N3O4S/c1-2-3-8(9(11)13-15)12-10(14)7-4-5-18(16,17)6-7/h7-8,15H,2-6H2,1H3,(H2,11,13)(H,12,14). The molecule has 0 saturated carbocycles. The first-order valence-electron chi connectivity index (χ1n) is 5.87. The molecule has 2 unspecified atom stereocenters. The van der Waals surface area contributed by atoms with Gasteiger partial charge in [-0.05, 0) is 12.8 Å². The van der Waals surface area contributed by atoms with Crippen molar-refractivity contribution in [1.82, 2.24) is 5.32 Å². The van der Waals surface area contributed by atoms with Crippen LogP contribution in [0.5, 0.6) is 0 Å². The van der Waals surface area contributed by atoms with Gasteiger partial charge in [0, 0.05) is 0 Å². The molecule has 7 nitrogen and oxygen atoms in total. The molecule has 2 atom stereocenters. The highest BCUT2D eigenvalue weighted by Gasteiger charge is 2.34. The number of hydrogen-bond acceptors (Lipinski definition) is 5. The Bertz CT molecular complexity index is 432. The second-order valence-corrected chi connectivity index (χ2v) is 6.70. The van der Waals surface area contributed by atoms with Crippen molar-refractivity contribution in [3.05, 3.63) is 0 Å². The first-order chi connectivity index (χ1) is 8.39. The van der Waals surface area contributed by atoms with Gasteiger partial charge in [0.15, 0.2) is 15.7 Å². The van der Waals surface area contributed by atoms with Crippen molar-refractivity contribution in [3.63, 3.8) is 0 Å². The van der Waals surface area contributed by atoms with Gasteiger partial charge in [0.2, 0.25) is 5.91 Å². The molecule has 0 aromatic carbocycles. The summed E-state index contributed by atoms with van der Waals surface area (Å²) < 4.78 is 22.6. The van der Waals surface area contributed by atoms with Gasteiger partial charge in [0.1, 0.15) is 0 Å². The predicted octanol–water partition coefficient (Wildman–Crippen LogP) is -0.548. The number of nitrogens with two attached hydrogens (primary N) is 1. The molecule has 1 saturated heterocycles. The number of nitrogens with zero attached hydrogens (tertiary/aromatic N) is 1. The van der Waals surface area contributed by atoms with Gasteiger partial charge >= 0.3 is 0 Å². The number of hydrogen-bond donors (Lipinski definition) is 3. The third-order valence-corrected chi connectivity index (χ3v) is 4.74. The number of sulfone groups is 1. The second-order valence-electron chi connectivity index (χ2n) is 4.47. The lowest BCUT2D eigenvalue weighted by molar-refractivity contribution is -0.124. The number of carbonyl (C=O) groups excluding carboxylic acids is 1. The van der Waals surface area contributed by atoms with Crippen LogP contribution in [0.15, 0.2) is 5.16 Å². The number of rotatable bonds is 5. The minimum absolute atomic E-state index is 0.0487. The number of amides is 1. The second kappa shape index (κ2) is 6.03. The normalized spacial score (nSPS) is 24.7. The average molecular weight is 277 g/mol. The molecule has 0 aliphatic carbocycles. The topological polar surface area (TPSA) is 122 Å². The van der Waals surface area contributed by atoms with Crippen LogP contribution in [0.25, 0.3) is 0 Å². The fraction of sp³-hybridized carbons (Fsp3) is 0.800. The molecular weight excluding hydrogens is 258 g/mol. The molecule has 1 fully saturated rings. The van der Waals surface area contributed by atoms with Gasteiger partial charge < -0.3 is 16.3 Å². The zero-order valence-corrected chi connectivity index (χ0v) is 11.1. The van der Waals surface area contributed by atoms with Crippen LogP contribution in [-0.2, 0) is 14.6 Å². The highest BCUT2D eigenvalue weighted by Crippen LogP contribution is 2.18. The molecule has 1 aliphatic heterocycles. The third-order valence-electron chi connectivity index (χ3n) is 2.97. The fourth-order valence-electron chi connectivity index (χ4n) is 1.94. The summed E-state index contributed by atoms with van der Waals surface area (Å²) in [5, 5.41) is 14.1. The molecule has 1 aliphatic rings. The SMILES string of the molecule is CCCC(NC(=O)C1CCS(=O)(=O)C1)C(N)=NO. The van der Waals surface area contributed by atoms with Crippen LogP contribution < -0.4 is 11.1 Å². The molecule has 0 aromatic rings. The van der Waals surface area contributed by atoms with E-state index in [1.165, 1.54) is 0 Å². The van der Waals surface area contributed by atoms with Crippen LogP contribution in [0.2, 0.25) is 0 Å². The van der Waals surface area contributed by atoms with E-state index in [1.807, 2.05) is 6.92 Å². The monoisotopic (exact) mass is 277 g/mol. The lowest BCUT2D eigenvalue weighted by Crippen LogP contribution is -2.46. The van der Waals surface area contributed by atoms with E-state index in [0.29, 0.717) is 12.8 Å². The summed E-state index contributed by atoms with van der Waals surface area (Å²) in [6, 6.07) is -0.546. The molecular formula is C10H19N3O4S. The Labute approximate surface area is 106 Å². The van der Waals surface area contributed by atoms with Gasteiger partial charge in [-0.3, -0.25) is 4.79 Å². The quantitative estimate of drug-likeness (QED) is 0.269. The Balaban J connectivity index is 2.62. The zero-order chi connectivity index (χ0) is 13.8. The molecule has 104 valence electrons. The van der Waals surface area contributed by atoms with Gasteiger partial charge in [-0.25, -0.2) is 8.42 Å². The van der Waals surface area contributed by atoms with Gasteiger partial charge in [-0.2, -0.15) is 0 Å². The third kappa shape index (κ3) is 3.86. The number of amidine groups is 1. The molecule has 4 N–H and O–H groups in total. The molecule has 0 bridgehead atoms. The number of nitrogens with one attached hydrogen (secondary N) is 1. The Kier molecular flexibility index (Phi) is 4.94. The minimum atomic E-state index is -3.09. The van der Waals surface area contributed by atoms with E-state index in [4.69, 9.17) is 10.9 Å². The summed E-state index contributed by atoms with van der Waals surface area (Å²) in [6.07, 6.45) is 1.63. The summed E-state index contributed by atoms with van der Waals surface area (Å²) in [7, 11) is -3.09. The van der Waals surface area contributed by atoms with Crippen LogP contribution in [0.1, 0.15) is 26.2 Å². The largest absolute Gasteiger partial charge is 0.409 e. The predicted molar refractivity (Wildman–Crippen MR) is 67.0 cm³/mol. The molecule has 1 amide bonds. The molecule has 8 heteroatoms. The molecule has 0 spiro atoms. The Morgan fingerprint density at radius 1 is 1.61 bits per heavy atom. The summed E-state index contributed by atoms with van der Waals surface area (Å²) in [5.74, 6) is -1.01. The number of oxime groups is 1. The van der Waals surface area contributed by atoms with Gasteiger partial charge in [0.25, 0.3) is 0 Å².